The minimum absolute atomic E-state index is 0.0375. The van der Waals surface area contributed by atoms with Crippen molar-refractivity contribution in [2.45, 2.75) is 24.9 Å². The summed E-state index contributed by atoms with van der Waals surface area (Å²) in [5.74, 6) is 0.299. The lowest BCUT2D eigenvalue weighted by molar-refractivity contribution is -0.141. The molecule has 2 heteroatoms. The number of rotatable bonds is 0. The van der Waals surface area contributed by atoms with Crippen molar-refractivity contribution in [3.63, 3.8) is 0 Å². The van der Waals surface area contributed by atoms with E-state index in [1.54, 1.807) is 0 Å². The van der Waals surface area contributed by atoms with Crippen LogP contribution in [0.5, 0.6) is 0 Å². The highest BCUT2D eigenvalue weighted by atomic mass is 16.5. The molecular formula is C11H10O2. The fraction of sp³-hybridized carbons (Fsp3) is 0.364. The van der Waals surface area contributed by atoms with E-state index >= 15 is 0 Å². The normalized spacial score (nSPS) is 29.7. The Morgan fingerprint density at radius 1 is 1.23 bits per heavy atom. The van der Waals surface area contributed by atoms with E-state index in [1.807, 2.05) is 12.1 Å². The molecule has 1 fully saturated rings. The second-order valence-corrected chi connectivity index (χ2v) is 3.74. The van der Waals surface area contributed by atoms with E-state index in [1.165, 1.54) is 11.1 Å². The summed E-state index contributed by atoms with van der Waals surface area (Å²) in [5, 5.41) is 0. The Kier molecular flexibility index (Phi) is 1.29. The summed E-state index contributed by atoms with van der Waals surface area (Å²) in [6.07, 6.45) is 1.61. The van der Waals surface area contributed by atoms with E-state index in [2.05, 4.69) is 12.1 Å². The third-order valence-electron chi connectivity index (χ3n) is 2.99. The predicted octanol–water partition coefficient (Wildman–Crippen LogP) is 1.64. The van der Waals surface area contributed by atoms with Crippen molar-refractivity contribution in [1.29, 1.82) is 0 Å². The van der Waals surface area contributed by atoms with Crippen LogP contribution >= 0.6 is 0 Å². The van der Waals surface area contributed by atoms with Crippen molar-refractivity contribution in [2.24, 2.45) is 0 Å². The average molecular weight is 174 g/mol. The van der Waals surface area contributed by atoms with Gasteiger partial charge in [-0.15, -0.1) is 0 Å². The zero-order valence-electron chi connectivity index (χ0n) is 7.19. The smallest absolute Gasteiger partial charge is 0.306 e. The van der Waals surface area contributed by atoms with Gasteiger partial charge in [0, 0.05) is 12.3 Å². The van der Waals surface area contributed by atoms with Gasteiger partial charge >= 0.3 is 5.97 Å². The van der Waals surface area contributed by atoms with Crippen LogP contribution in [-0.2, 0) is 16.0 Å². The number of benzene rings is 1. The van der Waals surface area contributed by atoms with Gasteiger partial charge in [-0.25, -0.2) is 0 Å². The van der Waals surface area contributed by atoms with Gasteiger partial charge in [0.2, 0.25) is 0 Å². The highest BCUT2D eigenvalue weighted by Crippen LogP contribution is 2.41. The standard InChI is InChI=1S/C11H10O2/c12-11-6-9-8-4-2-1-3-7(8)5-10(9)13-11/h1-4,9-10H,5-6H2/t9-,10-/m0/s1. The molecule has 0 radical (unpaired) electrons. The summed E-state index contributed by atoms with van der Waals surface area (Å²) in [6, 6.07) is 8.31. The van der Waals surface area contributed by atoms with Crippen molar-refractivity contribution in [3.05, 3.63) is 35.4 Å². The molecule has 0 unspecified atom stereocenters. The maximum Gasteiger partial charge on any atom is 0.306 e. The molecule has 2 atom stereocenters. The molecule has 0 spiro atoms. The number of fused-ring (bicyclic) bond motifs is 3. The summed E-state index contributed by atoms with van der Waals surface area (Å²) >= 11 is 0. The number of hydrogen-bond donors (Lipinski definition) is 0. The fourth-order valence-electron chi connectivity index (χ4n) is 2.40. The maximum atomic E-state index is 11.0. The highest BCUT2D eigenvalue weighted by molar-refractivity contribution is 5.74. The lowest BCUT2D eigenvalue weighted by Gasteiger charge is -2.05. The molecule has 2 nitrogen and oxygen atoms in total. The van der Waals surface area contributed by atoms with E-state index < -0.39 is 0 Å². The first-order valence-corrected chi connectivity index (χ1v) is 4.62. The van der Waals surface area contributed by atoms with Gasteiger partial charge in [0.25, 0.3) is 0 Å². The third kappa shape index (κ3) is 0.916. The maximum absolute atomic E-state index is 11.0. The zero-order valence-corrected chi connectivity index (χ0v) is 7.19. The lowest BCUT2D eigenvalue weighted by atomic mass is 9.99. The Hall–Kier alpha value is -1.31. The molecule has 1 saturated heterocycles. The molecule has 13 heavy (non-hydrogen) atoms. The van der Waals surface area contributed by atoms with Gasteiger partial charge in [0.1, 0.15) is 6.10 Å². The molecule has 0 aromatic heterocycles. The van der Waals surface area contributed by atoms with Gasteiger partial charge in [-0.3, -0.25) is 4.79 Å². The van der Waals surface area contributed by atoms with Crippen LogP contribution in [0.4, 0.5) is 0 Å². The summed E-state index contributed by atoms with van der Waals surface area (Å²) in [4.78, 5) is 11.0. The van der Waals surface area contributed by atoms with E-state index in [0.717, 1.165) is 6.42 Å². The number of ether oxygens (including phenoxy) is 1. The molecule has 0 saturated carbocycles. The van der Waals surface area contributed by atoms with Crippen LogP contribution < -0.4 is 0 Å². The van der Waals surface area contributed by atoms with Gasteiger partial charge < -0.3 is 4.74 Å². The van der Waals surface area contributed by atoms with Crippen LogP contribution in [0.1, 0.15) is 23.5 Å². The molecular weight excluding hydrogens is 164 g/mol. The van der Waals surface area contributed by atoms with Gasteiger partial charge in [-0.1, -0.05) is 24.3 Å². The van der Waals surface area contributed by atoms with Gasteiger partial charge in [0.05, 0.1) is 6.42 Å². The highest BCUT2D eigenvalue weighted by Gasteiger charge is 2.41. The van der Waals surface area contributed by atoms with Crippen molar-refractivity contribution in [2.75, 3.05) is 0 Å². The Morgan fingerprint density at radius 2 is 2.08 bits per heavy atom. The van der Waals surface area contributed by atoms with Gasteiger partial charge in [-0.05, 0) is 11.1 Å². The van der Waals surface area contributed by atoms with E-state index in [4.69, 9.17) is 4.74 Å². The van der Waals surface area contributed by atoms with Crippen molar-refractivity contribution in [3.8, 4) is 0 Å². The number of carbonyl (C=O) groups excluding carboxylic acids is 1. The first-order valence-electron chi connectivity index (χ1n) is 4.62. The first-order chi connectivity index (χ1) is 6.34. The van der Waals surface area contributed by atoms with Crippen molar-refractivity contribution < 1.29 is 9.53 Å². The van der Waals surface area contributed by atoms with Crippen LogP contribution in [0.3, 0.4) is 0 Å². The quantitative estimate of drug-likeness (QED) is 0.559. The summed E-state index contributed by atoms with van der Waals surface area (Å²) in [5.41, 5.74) is 2.67. The molecule has 1 aromatic carbocycles. The Labute approximate surface area is 76.5 Å². The largest absolute Gasteiger partial charge is 0.461 e. The Bertz CT molecular complexity index is 370. The molecule has 3 rings (SSSR count). The molecule has 1 aromatic rings. The molecule has 2 aliphatic rings. The second kappa shape index (κ2) is 2.34. The summed E-state index contributed by atoms with van der Waals surface area (Å²) < 4.78 is 5.23. The molecule has 1 heterocycles. The SMILES string of the molecule is O=C1C[C@H]2c3ccccc3C[C@@H]2O1. The minimum atomic E-state index is -0.0375. The first kappa shape index (κ1) is 7.13. The van der Waals surface area contributed by atoms with Crippen LogP contribution in [0.2, 0.25) is 0 Å². The Balaban J connectivity index is 2.06. The van der Waals surface area contributed by atoms with E-state index in [0.29, 0.717) is 12.3 Å². The molecule has 0 bridgehead atoms. The van der Waals surface area contributed by atoms with Crippen LogP contribution in [0, 0.1) is 0 Å². The number of carbonyl (C=O) groups is 1. The van der Waals surface area contributed by atoms with Crippen LogP contribution in [-0.4, -0.2) is 12.1 Å². The molecule has 1 aliphatic heterocycles. The summed E-state index contributed by atoms with van der Waals surface area (Å²) in [7, 11) is 0. The lowest BCUT2D eigenvalue weighted by Crippen LogP contribution is -2.09. The topological polar surface area (TPSA) is 26.3 Å². The average Bonchev–Trinajstić information content (AvgIpc) is 2.60. The number of hydrogen-bond acceptors (Lipinski definition) is 2. The third-order valence-corrected chi connectivity index (χ3v) is 2.99. The molecule has 0 N–H and O–H groups in total. The fourth-order valence-corrected chi connectivity index (χ4v) is 2.40. The van der Waals surface area contributed by atoms with Gasteiger partial charge in [-0.2, -0.15) is 0 Å². The monoisotopic (exact) mass is 174 g/mol. The summed E-state index contributed by atoms with van der Waals surface area (Å²) in [6.45, 7) is 0. The van der Waals surface area contributed by atoms with E-state index in [-0.39, 0.29) is 12.1 Å². The molecule has 0 amide bonds. The minimum Gasteiger partial charge on any atom is -0.461 e. The van der Waals surface area contributed by atoms with E-state index in [9.17, 15) is 4.79 Å². The molecule has 1 aliphatic carbocycles. The van der Waals surface area contributed by atoms with Crippen LogP contribution in [0.15, 0.2) is 24.3 Å². The van der Waals surface area contributed by atoms with Gasteiger partial charge in [0.15, 0.2) is 0 Å². The predicted molar refractivity (Wildman–Crippen MR) is 47.4 cm³/mol. The van der Waals surface area contributed by atoms with Crippen molar-refractivity contribution >= 4 is 5.97 Å². The van der Waals surface area contributed by atoms with Crippen LogP contribution in [0.25, 0.3) is 0 Å². The number of esters is 1. The van der Waals surface area contributed by atoms with Crippen molar-refractivity contribution in [1.82, 2.24) is 0 Å². The molecule has 66 valence electrons. The zero-order chi connectivity index (χ0) is 8.84. The second-order valence-electron chi connectivity index (χ2n) is 3.74. The Morgan fingerprint density at radius 3 is 3.00 bits per heavy atom.